The van der Waals surface area contributed by atoms with Gasteiger partial charge in [0, 0.05) is 37.6 Å². The number of nitrogens with one attached hydrogen (secondary N) is 1. The molecule has 0 bridgehead atoms. The zero-order valence-electron chi connectivity index (χ0n) is 22.4. The summed E-state index contributed by atoms with van der Waals surface area (Å²) in [5, 5.41) is 9.95. The fraction of sp³-hybridized carbons (Fsp3) is 0.120. The lowest BCUT2D eigenvalue weighted by atomic mass is 10.1. The van der Waals surface area contributed by atoms with Crippen molar-refractivity contribution in [1.82, 2.24) is 39.5 Å². The second-order valence-electron chi connectivity index (χ2n) is 9.18. The van der Waals surface area contributed by atoms with Crippen LogP contribution in [0.15, 0.2) is 48.8 Å². The van der Waals surface area contributed by atoms with E-state index in [2.05, 4.69) is 34.9 Å². The highest BCUT2D eigenvalue weighted by molar-refractivity contribution is 7.92. The fourth-order valence-electron chi connectivity index (χ4n) is 4.15. The van der Waals surface area contributed by atoms with Crippen LogP contribution in [0.3, 0.4) is 0 Å². The van der Waals surface area contributed by atoms with Crippen molar-refractivity contribution in [3.8, 4) is 22.5 Å². The summed E-state index contributed by atoms with van der Waals surface area (Å²) in [6, 6.07) is 8.65. The van der Waals surface area contributed by atoms with Crippen molar-refractivity contribution >= 4 is 55.4 Å². The normalized spacial score (nSPS) is 11.5. The number of hydrogen-bond donors (Lipinski definition) is 4. The first-order chi connectivity index (χ1) is 19.8. The van der Waals surface area contributed by atoms with E-state index in [9.17, 15) is 17.2 Å². The van der Waals surface area contributed by atoms with Crippen LogP contribution in [0.5, 0.6) is 0 Å². The molecular formula is C25H24F2N12O2S. The Kier molecular flexibility index (Phi) is 7.03. The van der Waals surface area contributed by atoms with Crippen LogP contribution < -0.4 is 21.9 Å². The third kappa shape index (κ3) is 5.57. The molecule has 0 unspecified atom stereocenters. The second kappa shape index (κ2) is 10.5. The zero-order chi connectivity index (χ0) is 30.3. The van der Waals surface area contributed by atoms with Gasteiger partial charge in [0.1, 0.15) is 23.0 Å². The average molecular weight is 595 g/mol. The highest BCUT2D eigenvalue weighted by Gasteiger charge is 2.16. The van der Waals surface area contributed by atoms with Gasteiger partial charge < -0.3 is 17.2 Å². The van der Waals surface area contributed by atoms with Gasteiger partial charge in [-0.15, -0.1) is 0 Å². The SMILES string of the molecule is Cn1nc(-c2ccc(N)c(F)c2)c2cnc(N)nc21.Cn1nc(-c2ccc(NS(C)(=O)=O)c(F)c2)c2cnc(N)nc21. The van der Waals surface area contributed by atoms with Crippen LogP contribution in [0.2, 0.25) is 0 Å². The first-order valence-corrected chi connectivity index (χ1v) is 13.9. The van der Waals surface area contributed by atoms with Crippen molar-refractivity contribution in [2.24, 2.45) is 14.1 Å². The minimum absolute atomic E-state index is 0.101. The monoisotopic (exact) mass is 594 g/mol. The van der Waals surface area contributed by atoms with Crippen molar-refractivity contribution in [3.05, 3.63) is 60.4 Å². The molecule has 0 aliphatic heterocycles. The summed E-state index contributed by atoms with van der Waals surface area (Å²) >= 11 is 0. The number of fused-ring (bicyclic) bond motifs is 2. The lowest BCUT2D eigenvalue weighted by molar-refractivity contribution is 0.603. The van der Waals surface area contributed by atoms with E-state index in [0.717, 1.165) is 6.26 Å². The van der Waals surface area contributed by atoms with Crippen LogP contribution in [-0.2, 0) is 24.1 Å². The Hall–Kier alpha value is -5.45. The maximum Gasteiger partial charge on any atom is 0.229 e. The van der Waals surface area contributed by atoms with Crippen LogP contribution in [0.1, 0.15) is 0 Å². The fourth-order valence-corrected chi connectivity index (χ4v) is 4.71. The molecule has 4 heterocycles. The molecule has 0 saturated heterocycles. The zero-order valence-corrected chi connectivity index (χ0v) is 23.2. The molecule has 42 heavy (non-hydrogen) atoms. The molecule has 2 aromatic carbocycles. The molecule has 0 amide bonds. The molecule has 216 valence electrons. The van der Waals surface area contributed by atoms with E-state index in [1.165, 1.54) is 35.1 Å². The number of nitrogen functional groups attached to an aromatic ring is 3. The molecule has 0 saturated carbocycles. The molecule has 6 aromatic rings. The summed E-state index contributed by atoms with van der Waals surface area (Å²) in [5.41, 5.74) is 19.8. The summed E-state index contributed by atoms with van der Waals surface area (Å²) in [5.74, 6) is -0.896. The van der Waals surface area contributed by atoms with Gasteiger partial charge in [-0.1, -0.05) is 12.1 Å². The van der Waals surface area contributed by atoms with Crippen LogP contribution in [0.4, 0.5) is 32.1 Å². The van der Waals surface area contributed by atoms with E-state index in [4.69, 9.17) is 17.2 Å². The Morgan fingerprint density at radius 1 is 0.762 bits per heavy atom. The molecule has 0 fully saturated rings. The first-order valence-electron chi connectivity index (χ1n) is 12.0. The number of aromatic nitrogens is 8. The average Bonchev–Trinajstić information content (AvgIpc) is 3.42. The van der Waals surface area contributed by atoms with Gasteiger partial charge in [0.15, 0.2) is 11.3 Å². The third-order valence-corrected chi connectivity index (χ3v) is 6.60. The maximum atomic E-state index is 14.1. The van der Waals surface area contributed by atoms with Crippen molar-refractivity contribution in [3.63, 3.8) is 0 Å². The van der Waals surface area contributed by atoms with Gasteiger partial charge in [-0.25, -0.2) is 36.5 Å². The molecule has 0 spiro atoms. The highest BCUT2D eigenvalue weighted by Crippen LogP contribution is 2.30. The summed E-state index contributed by atoms with van der Waals surface area (Å²) < 4.78 is 55.2. The minimum Gasteiger partial charge on any atom is -0.396 e. The summed E-state index contributed by atoms with van der Waals surface area (Å²) in [6.45, 7) is 0. The quantitative estimate of drug-likeness (QED) is 0.218. The molecule has 0 radical (unpaired) electrons. The third-order valence-electron chi connectivity index (χ3n) is 6.01. The van der Waals surface area contributed by atoms with E-state index < -0.39 is 21.7 Å². The van der Waals surface area contributed by atoms with Crippen molar-refractivity contribution in [1.29, 1.82) is 0 Å². The second-order valence-corrected chi connectivity index (χ2v) is 10.9. The molecule has 0 aliphatic rings. The molecular weight excluding hydrogens is 570 g/mol. The topological polar surface area (TPSA) is 211 Å². The molecule has 14 nitrogen and oxygen atoms in total. The molecule has 0 aliphatic carbocycles. The largest absolute Gasteiger partial charge is 0.396 e. The highest BCUT2D eigenvalue weighted by atomic mass is 32.2. The van der Waals surface area contributed by atoms with Crippen LogP contribution in [-0.4, -0.2) is 54.2 Å². The van der Waals surface area contributed by atoms with Crippen LogP contribution >= 0.6 is 0 Å². The van der Waals surface area contributed by atoms with Gasteiger partial charge in [0.25, 0.3) is 0 Å². The predicted molar refractivity (Wildman–Crippen MR) is 155 cm³/mol. The molecule has 6 rings (SSSR count). The number of nitrogens with two attached hydrogens (primary N) is 3. The minimum atomic E-state index is -3.56. The van der Waals surface area contributed by atoms with Gasteiger partial charge in [0.2, 0.25) is 21.9 Å². The summed E-state index contributed by atoms with van der Waals surface area (Å²) in [6.07, 6.45) is 4.04. The standard InChI is InChI=1S/C13H13FN6O2S.C12H11FN6/c1-20-12-8(6-16-13(15)17-12)11(18-20)7-3-4-10(9(14)5-7)19-23(2,21)22;1-19-11-7(5-16-12(15)17-11)10(18-19)6-2-3-9(14)8(13)4-6/h3-6,19H,1-2H3,(H2,15,16,17);2-5H,14H2,1H3,(H2,15,16,17). The van der Waals surface area contributed by atoms with Crippen molar-refractivity contribution < 1.29 is 17.2 Å². The lowest BCUT2D eigenvalue weighted by Gasteiger charge is -2.06. The number of rotatable bonds is 4. The Bertz CT molecular complexity index is 2090. The van der Waals surface area contributed by atoms with Crippen molar-refractivity contribution in [2.45, 2.75) is 0 Å². The number of anilines is 4. The van der Waals surface area contributed by atoms with E-state index in [-0.39, 0.29) is 23.3 Å². The number of sulfonamides is 1. The number of hydrogen-bond acceptors (Lipinski definition) is 11. The van der Waals surface area contributed by atoms with E-state index in [1.807, 2.05) is 0 Å². The molecule has 4 aromatic heterocycles. The van der Waals surface area contributed by atoms with E-state index in [0.29, 0.717) is 44.6 Å². The molecule has 7 N–H and O–H groups in total. The van der Waals surface area contributed by atoms with Gasteiger partial charge in [-0.3, -0.25) is 4.72 Å². The smallest absolute Gasteiger partial charge is 0.229 e. The molecule has 17 heteroatoms. The van der Waals surface area contributed by atoms with Gasteiger partial charge in [-0.2, -0.15) is 20.2 Å². The summed E-state index contributed by atoms with van der Waals surface area (Å²) in [7, 11) is -0.125. The lowest BCUT2D eigenvalue weighted by Crippen LogP contribution is -2.10. The molecule has 0 atom stereocenters. The van der Waals surface area contributed by atoms with E-state index >= 15 is 0 Å². The Labute approximate surface area is 237 Å². The Morgan fingerprint density at radius 3 is 1.69 bits per heavy atom. The van der Waals surface area contributed by atoms with Gasteiger partial charge in [-0.05, 0) is 24.3 Å². The van der Waals surface area contributed by atoms with Crippen molar-refractivity contribution in [2.75, 3.05) is 28.2 Å². The first kappa shape index (κ1) is 28.1. The van der Waals surface area contributed by atoms with Crippen LogP contribution in [0.25, 0.3) is 44.6 Å². The number of aryl methyl sites for hydroxylation is 2. The van der Waals surface area contributed by atoms with Gasteiger partial charge in [0.05, 0.1) is 28.4 Å². The maximum absolute atomic E-state index is 14.1. The van der Waals surface area contributed by atoms with Gasteiger partial charge >= 0.3 is 0 Å². The predicted octanol–water partition coefficient (Wildman–Crippen LogP) is 2.46. The number of benzene rings is 2. The summed E-state index contributed by atoms with van der Waals surface area (Å²) in [4.78, 5) is 16.1. The number of nitrogens with zero attached hydrogens (tertiary/aromatic N) is 8. The Balaban J connectivity index is 0.000000171. The van der Waals surface area contributed by atoms with Crippen LogP contribution in [0, 0.1) is 11.6 Å². The van der Waals surface area contributed by atoms with E-state index in [1.54, 1.807) is 37.1 Å². The Morgan fingerprint density at radius 2 is 1.24 bits per heavy atom. The number of halogens is 2.